The van der Waals surface area contributed by atoms with Crippen LogP contribution < -0.4 is 10.5 Å². The molecule has 4 rings (SSSR count). The zero-order valence-corrected chi connectivity index (χ0v) is 18.1. The second-order valence-electron chi connectivity index (χ2n) is 8.44. The van der Waals surface area contributed by atoms with E-state index >= 15 is 0 Å². The van der Waals surface area contributed by atoms with Gasteiger partial charge in [-0.25, -0.2) is 5.01 Å². The van der Waals surface area contributed by atoms with Crippen molar-refractivity contribution in [1.82, 2.24) is 5.01 Å². The predicted octanol–water partition coefficient (Wildman–Crippen LogP) is 4.97. The smallest absolute Gasteiger partial charge is 0.273 e. The molecule has 0 saturated carbocycles. The molecule has 0 amide bonds. The lowest BCUT2D eigenvalue weighted by Crippen LogP contribution is -2.56. The van der Waals surface area contributed by atoms with Crippen LogP contribution in [0.4, 0.5) is 5.69 Å². The number of hydrogen-bond donors (Lipinski definition) is 3. The first-order chi connectivity index (χ1) is 14.8. The number of anilines is 1. The minimum atomic E-state index is -2.06. The molecule has 0 bridgehead atoms. The number of carbonyl (C=O) groups excluding carboxylic acids is 1. The molecule has 7 heteroatoms. The Kier molecular flexibility index (Phi) is 5.09. The van der Waals surface area contributed by atoms with Crippen LogP contribution in [0, 0.1) is 5.53 Å². The molecule has 1 heterocycles. The second kappa shape index (κ2) is 7.50. The van der Waals surface area contributed by atoms with Gasteiger partial charge in [0.2, 0.25) is 11.3 Å². The standard InChI is InChI=1S/C24H28N4O3/c1-4-5-6-7-13-28(27-26)23-17-12-11-16(15(2)3)14-20(17)31-24(23,30)18-9-8-10-19(25)21(18)22(23)29/h7-15,26,30H,4-6,25H2,1-3H3/b13-7+,27-26?. The zero-order chi connectivity index (χ0) is 22.4. The molecule has 2 aliphatic rings. The number of ketones is 1. The van der Waals surface area contributed by atoms with Crippen LogP contribution in [0.3, 0.4) is 0 Å². The van der Waals surface area contributed by atoms with Gasteiger partial charge in [-0.1, -0.05) is 69.2 Å². The summed E-state index contributed by atoms with van der Waals surface area (Å²) >= 11 is 0. The maximum Gasteiger partial charge on any atom is 0.273 e. The zero-order valence-electron chi connectivity index (χ0n) is 18.1. The summed E-state index contributed by atoms with van der Waals surface area (Å²) in [5.74, 6) is -1.85. The van der Waals surface area contributed by atoms with Crippen LogP contribution in [0.5, 0.6) is 5.75 Å². The third-order valence-corrected chi connectivity index (χ3v) is 6.25. The van der Waals surface area contributed by atoms with Gasteiger partial charge in [0, 0.05) is 23.0 Å². The molecule has 2 aromatic carbocycles. The van der Waals surface area contributed by atoms with Crippen molar-refractivity contribution in [3.05, 3.63) is 70.9 Å². The second-order valence-corrected chi connectivity index (χ2v) is 8.44. The Morgan fingerprint density at radius 3 is 2.74 bits per heavy atom. The Labute approximate surface area is 182 Å². The highest BCUT2D eigenvalue weighted by Crippen LogP contribution is 2.62. The normalized spacial score (nSPS) is 23.6. The number of Topliss-reactive ketones (excluding diaryl/α,β-unsaturated/α-hetero) is 1. The van der Waals surface area contributed by atoms with Gasteiger partial charge in [0.1, 0.15) is 5.75 Å². The molecule has 1 aliphatic heterocycles. The summed E-state index contributed by atoms with van der Waals surface area (Å²) in [4.78, 5) is 14.0. The third kappa shape index (κ3) is 2.73. The summed E-state index contributed by atoms with van der Waals surface area (Å²) < 4.78 is 6.13. The van der Waals surface area contributed by atoms with Crippen LogP contribution in [-0.4, -0.2) is 15.9 Å². The number of aliphatic hydroxyl groups is 1. The Morgan fingerprint density at radius 1 is 1.29 bits per heavy atom. The molecule has 2 atom stereocenters. The summed E-state index contributed by atoms with van der Waals surface area (Å²) in [6.45, 7) is 6.21. The van der Waals surface area contributed by atoms with Gasteiger partial charge in [-0.15, -0.1) is 0 Å². The van der Waals surface area contributed by atoms with Gasteiger partial charge >= 0.3 is 0 Å². The molecule has 2 aromatic rings. The fraction of sp³-hybridized carbons (Fsp3) is 0.375. The molecule has 0 fully saturated rings. The Bertz CT molecular complexity index is 1080. The lowest BCUT2D eigenvalue weighted by atomic mass is 9.81. The van der Waals surface area contributed by atoms with E-state index in [1.807, 2.05) is 18.2 Å². The number of rotatable bonds is 7. The van der Waals surface area contributed by atoms with Crippen LogP contribution in [0.2, 0.25) is 0 Å². The number of nitrogen functional groups attached to an aromatic ring is 1. The first-order valence-corrected chi connectivity index (χ1v) is 10.7. The number of ether oxygens (including phenoxy) is 1. The predicted molar refractivity (Wildman–Crippen MR) is 118 cm³/mol. The van der Waals surface area contributed by atoms with Crippen molar-refractivity contribution >= 4 is 11.5 Å². The van der Waals surface area contributed by atoms with Gasteiger partial charge in [0.25, 0.3) is 5.79 Å². The van der Waals surface area contributed by atoms with E-state index in [4.69, 9.17) is 16.0 Å². The third-order valence-electron chi connectivity index (χ3n) is 6.25. The Morgan fingerprint density at radius 2 is 2.06 bits per heavy atom. The van der Waals surface area contributed by atoms with E-state index in [0.29, 0.717) is 11.3 Å². The van der Waals surface area contributed by atoms with Crippen LogP contribution in [0.25, 0.3) is 0 Å². The Balaban J connectivity index is 1.97. The van der Waals surface area contributed by atoms with Gasteiger partial charge in [-0.3, -0.25) is 4.79 Å². The molecule has 0 saturated heterocycles. The van der Waals surface area contributed by atoms with E-state index in [1.54, 1.807) is 30.5 Å². The number of nitrogens with one attached hydrogen (secondary N) is 1. The molecule has 1 aliphatic carbocycles. The van der Waals surface area contributed by atoms with Gasteiger partial charge in [0.15, 0.2) is 0 Å². The number of nitrogens with zero attached hydrogens (tertiary/aromatic N) is 2. The van der Waals surface area contributed by atoms with E-state index in [-0.39, 0.29) is 22.7 Å². The maximum atomic E-state index is 14.0. The van der Waals surface area contributed by atoms with Crippen LogP contribution >= 0.6 is 0 Å². The molecular formula is C24H28N4O3. The number of allylic oxidation sites excluding steroid dienone is 1. The highest BCUT2D eigenvalue weighted by Gasteiger charge is 2.74. The van der Waals surface area contributed by atoms with Gasteiger partial charge in [-0.2, -0.15) is 5.53 Å². The summed E-state index contributed by atoms with van der Waals surface area (Å²) in [6.07, 6.45) is 6.19. The van der Waals surface area contributed by atoms with Crippen molar-refractivity contribution in [1.29, 1.82) is 5.53 Å². The number of carbonyl (C=O) groups is 1. The van der Waals surface area contributed by atoms with Crippen LogP contribution in [0.1, 0.15) is 73.0 Å². The van der Waals surface area contributed by atoms with Crippen molar-refractivity contribution in [3.63, 3.8) is 0 Å². The van der Waals surface area contributed by atoms with Crippen molar-refractivity contribution < 1.29 is 14.6 Å². The maximum absolute atomic E-state index is 14.0. The number of benzene rings is 2. The quantitative estimate of drug-likeness (QED) is 0.253. The number of unbranched alkanes of at least 4 members (excludes halogenated alkanes) is 2. The highest BCUT2D eigenvalue weighted by atomic mass is 16.6. The molecule has 0 aromatic heterocycles. The Hall–Kier alpha value is -3.19. The molecule has 4 N–H and O–H groups in total. The van der Waals surface area contributed by atoms with Crippen molar-refractivity contribution in [2.24, 2.45) is 5.22 Å². The fourth-order valence-electron chi connectivity index (χ4n) is 4.61. The molecule has 0 spiro atoms. The fourth-order valence-corrected chi connectivity index (χ4v) is 4.61. The van der Waals surface area contributed by atoms with Crippen LogP contribution in [0.15, 0.2) is 53.9 Å². The summed E-state index contributed by atoms with van der Waals surface area (Å²) in [5.41, 5.74) is 14.5. The molecule has 7 nitrogen and oxygen atoms in total. The van der Waals surface area contributed by atoms with E-state index < -0.39 is 17.1 Å². The minimum absolute atomic E-state index is 0.208. The van der Waals surface area contributed by atoms with E-state index in [1.165, 1.54) is 5.01 Å². The van der Waals surface area contributed by atoms with Crippen molar-refractivity contribution in [2.75, 3.05) is 5.73 Å². The molecule has 162 valence electrons. The molecule has 31 heavy (non-hydrogen) atoms. The number of hydrogen-bond acceptors (Lipinski definition) is 6. The monoisotopic (exact) mass is 420 g/mol. The van der Waals surface area contributed by atoms with E-state index in [2.05, 4.69) is 26.0 Å². The SMILES string of the molecule is CCCC/C=C/N(N=N)C12C(=O)c3c(N)cccc3C1(O)Oc1cc(C(C)C)ccc12. The average molecular weight is 421 g/mol. The average Bonchev–Trinajstić information content (AvgIpc) is 3.12. The topological polar surface area (TPSA) is 112 Å². The van der Waals surface area contributed by atoms with E-state index in [9.17, 15) is 9.90 Å². The summed E-state index contributed by atoms with van der Waals surface area (Å²) in [6, 6.07) is 10.5. The summed E-state index contributed by atoms with van der Waals surface area (Å²) in [5, 5.41) is 16.8. The van der Waals surface area contributed by atoms with Crippen molar-refractivity contribution in [2.45, 2.75) is 57.3 Å². The number of fused-ring (bicyclic) bond motifs is 5. The highest BCUT2D eigenvalue weighted by molar-refractivity contribution is 6.13. The first kappa shape index (κ1) is 21.1. The summed E-state index contributed by atoms with van der Waals surface area (Å²) in [7, 11) is 0. The lowest BCUT2D eigenvalue weighted by molar-refractivity contribution is -0.196. The lowest BCUT2D eigenvalue weighted by Gasteiger charge is -2.38. The largest absolute Gasteiger partial charge is 0.454 e. The van der Waals surface area contributed by atoms with Gasteiger partial charge < -0.3 is 15.6 Å². The molecule has 2 unspecified atom stereocenters. The van der Waals surface area contributed by atoms with Crippen molar-refractivity contribution in [3.8, 4) is 5.75 Å². The van der Waals surface area contributed by atoms with Gasteiger partial charge in [0.05, 0.1) is 5.56 Å². The molecular weight excluding hydrogens is 392 g/mol. The first-order valence-electron chi connectivity index (χ1n) is 10.7. The van der Waals surface area contributed by atoms with Crippen LogP contribution in [-0.2, 0) is 11.3 Å². The number of nitrogens with two attached hydrogens (primary N) is 1. The van der Waals surface area contributed by atoms with Gasteiger partial charge in [-0.05, 0) is 30.0 Å². The molecule has 0 radical (unpaired) electrons. The minimum Gasteiger partial charge on any atom is -0.454 e. The van der Waals surface area contributed by atoms with E-state index in [0.717, 1.165) is 24.8 Å².